The quantitative estimate of drug-likeness (QED) is 0.415. The van der Waals surface area contributed by atoms with E-state index in [-0.39, 0.29) is 0 Å². The summed E-state index contributed by atoms with van der Waals surface area (Å²) in [5.41, 5.74) is 0.351. The Morgan fingerprint density at radius 2 is 2.26 bits per heavy atom. The van der Waals surface area contributed by atoms with Gasteiger partial charge in [0.1, 0.15) is 12.4 Å². The van der Waals surface area contributed by atoms with Crippen molar-refractivity contribution in [2.24, 2.45) is 16.3 Å². The standard InChI is InChI=1S/C21H33N3O3/c1-2-22-20(23-11-6-12-25-15-16-7-5-13-26-16)24-18-17-8-14-27-19(17)21(18)9-3-4-10-21/h5,7,13,17-19H,2-4,6,8-12,14-15H2,1H3,(H2,22,23,24). The van der Waals surface area contributed by atoms with Crippen molar-refractivity contribution in [2.75, 3.05) is 26.3 Å². The summed E-state index contributed by atoms with van der Waals surface area (Å²) in [6, 6.07) is 4.33. The molecule has 0 radical (unpaired) electrons. The summed E-state index contributed by atoms with van der Waals surface area (Å²) in [6.07, 6.45) is 9.52. The summed E-state index contributed by atoms with van der Waals surface area (Å²) in [5, 5.41) is 7.20. The van der Waals surface area contributed by atoms with Crippen LogP contribution in [0, 0.1) is 11.3 Å². The molecule has 3 aliphatic rings. The van der Waals surface area contributed by atoms with Gasteiger partial charge in [-0.05, 0) is 44.7 Å². The van der Waals surface area contributed by atoms with E-state index >= 15 is 0 Å². The Morgan fingerprint density at radius 3 is 3.04 bits per heavy atom. The zero-order chi connectivity index (χ0) is 18.5. The minimum absolute atomic E-state index is 0.351. The lowest BCUT2D eigenvalue weighted by Gasteiger charge is -2.57. The highest BCUT2D eigenvalue weighted by Gasteiger charge is 2.65. The molecular weight excluding hydrogens is 342 g/mol. The third-order valence-corrected chi connectivity index (χ3v) is 6.46. The van der Waals surface area contributed by atoms with Gasteiger partial charge in [-0.25, -0.2) is 0 Å². The molecule has 4 rings (SSSR count). The summed E-state index contributed by atoms with van der Waals surface area (Å²) in [4.78, 5) is 4.79. The molecule has 0 aromatic carbocycles. The largest absolute Gasteiger partial charge is 0.467 e. The lowest BCUT2D eigenvalue weighted by molar-refractivity contribution is -0.125. The molecule has 6 nitrogen and oxygen atoms in total. The lowest BCUT2D eigenvalue weighted by atomic mass is 9.54. The first-order chi connectivity index (χ1) is 13.3. The van der Waals surface area contributed by atoms with Gasteiger partial charge in [-0.1, -0.05) is 12.8 Å². The minimum atomic E-state index is 0.351. The second kappa shape index (κ2) is 8.65. The van der Waals surface area contributed by atoms with Gasteiger partial charge in [-0.15, -0.1) is 0 Å². The monoisotopic (exact) mass is 375 g/mol. The van der Waals surface area contributed by atoms with Gasteiger partial charge in [-0.3, -0.25) is 4.99 Å². The minimum Gasteiger partial charge on any atom is -0.467 e. The molecule has 1 saturated heterocycles. The van der Waals surface area contributed by atoms with Crippen molar-refractivity contribution < 1.29 is 13.9 Å². The van der Waals surface area contributed by atoms with Gasteiger partial charge in [0.25, 0.3) is 0 Å². The maximum Gasteiger partial charge on any atom is 0.191 e. The molecule has 1 aliphatic heterocycles. The number of furan rings is 1. The Balaban J connectivity index is 1.26. The van der Waals surface area contributed by atoms with Crippen LogP contribution in [0.25, 0.3) is 0 Å². The molecule has 150 valence electrons. The Morgan fingerprint density at radius 1 is 1.37 bits per heavy atom. The van der Waals surface area contributed by atoms with Gasteiger partial charge >= 0.3 is 0 Å². The lowest BCUT2D eigenvalue weighted by Crippen LogP contribution is -2.69. The maximum absolute atomic E-state index is 6.09. The van der Waals surface area contributed by atoms with Gasteiger partial charge in [0, 0.05) is 43.7 Å². The van der Waals surface area contributed by atoms with E-state index in [1.807, 2.05) is 12.1 Å². The van der Waals surface area contributed by atoms with Crippen LogP contribution in [0.1, 0.15) is 51.2 Å². The van der Waals surface area contributed by atoms with E-state index in [2.05, 4.69) is 17.6 Å². The normalized spacial score (nSPS) is 28.9. The van der Waals surface area contributed by atoms with Crippen LogP contribution in [0.5, 0.6) is 0 Å². The van der Waals surface area contributed by atoms with Crippen LogP contribution in [0.15, 0.2) is 27.8 Å². The number of hydrogen-bond acceptors (Lipinski definition) is 4. The van der Waals surface area contributed by atoms with Crippen molar-refractivity contribution in [1.82, 2.24) is 10.6 Å². The molecule has 1 aromatic rings. The SMILES string of the molecule is CCNC(=NCCCOCc1ccco1)NC1C2CCOC2C12CCCC2. The van der Waals surface area contributed by atoms with Crippen LogP contribution in [0.4, 0.5) is 0 Å². The van der Waals surface area contributed by atoms with Crippen LogP contribution in [-0.4, -0.2) is 44.4 Å². The van der Waals surface area contributed by atoms with Crippen LogP contribution >= 0.6 is 0 Å². The van der Waals surface area contributed by atoms with Crippen molar-refractivity contribution in [2.45, 2.75) is 64.2 Å². The highest BCUT2D eigenvalue weighted by molar-refractivity contribution is 5.80. The molecule has 0 bridgehead atoms. The summed E-state index contributed by atoms with van der Waals surface area (Å²) in [7, 11) is 0. The van der Waals surface area contributed by atoms with Gasteiger partial charge in [0.15, 0.2) is 5.96 Å². The topological polar surface area (TPSA) is 68.0 Å². The van der Waals surface area contributed by atoms with Crippen molar-refractivity contribution >= 4 is 5.96 Å². The summed E-state index contributed by atoms with van der Waals surface area (Å²) in [6.45, 7) is 5.91. The van der Waals surface area contributed by atoms with E-state index in [4.69, 9.17) is 18.9 Å². The van der Waals surface area contributed by atoms with Gasteiger partial charge in [0.2, 0.25) is 0 Å². The maximum atomic E-state index is 6.09. The zero-order valence-electron chi connectivity index (χ0n) is 16.4. The van der Waals surface area contributed by atoms with Crippen molar-refractivity contribution in [3.63, 3.8) is 0 Å². The molecule has 1 aromatic heterocycles. The molecule has 6 heteroatoms. The summed E-state index contributed by atoms with van der Waals surface area (Å²) < 4.78 is 17.0. The number of aliphatic imine (C=N–C) groups is 1. The molecule has 0 amide bonds. The average Bonchev–Trinajstić information content (AvgIpc) is 3.42. The number of nitrogens with zero attached hydrogens (tertiary/aromatic N) is 1. The highest BCUT2D eigenvalue weighted by Crippen LogP contribution is 2.60. The van der Waals surface area contributed by atoms with Crippen molar-refractivity contribution in [1.29, 1.82) is 0 Å². The smallest absolute Gasteiger partial charge is 0.191 e. The molecule has 2 saturated carbocycles. The van der Waals surface area contributed by atoms with E-state index in [1.165, 1.54) is 32.1 Å². The van der Waals surface area contributed by atoms with Crippen LogP contribution in [0.3, 0.4) is 0 Å². The van der Waals surface area contributed by atoms with E-state index in [0.29, 0.717) is 36.7 Å². The number of guanidine groups is 1. The molecule has 3 fully saturated rings. The predicted molar refractivity (Wildman–Crippen MR) is 105 cm³/mol. The molecule has 27 heavy (non-hydrogen) atoms. The average molecular weight is 376 g/mol. The molecule has 3 unspecified atom stereocenters. The third kappa shape index (κ3) is 3.87. The van der Waals surface area contributed by atoms with Crippen molar-refractivity contribution in [3.8, 4) is 0 Å². The van der Waals surface area contributed by atoms with Gasteiger partial charge in [-0.2, -0.15) is 0 Å². The second-order valence-electron chi connectivity index (χ2n) is 8.05. The molecule has 2 aliphatic carbocycles. The number of rotatable bonds is 8. The van der Waals surface area contributed by atoms with Crippen molar-refractivity contribution in [3.05, 3.63) is 24.2 Å². The van der Waals surface area contributed by atoms with E-state index in [0.717, 1.165) is 37.8 Å². The fourth-order valence-electron chi connectivity index (χ4n) is 5.30. The fraction of sp³-hybridized carbons (Fsp3) is 0.762. The van der Waals surface area contributed by atoms with E-state index in [1.54, 1.807) is 6.26 Å². The number of fused-ring (bicyclic) bond motifs is 2. The molecule has 2 N–H and O–H groups in total. The summed E-state index contributed by atoms with van der Waals surface area (Å²) >= 11 is 0. The first-order valence-electron chi connectivity index (χ1n) is 10.6. The number of nitrogens with one attached hydrogen (secondary N) is 2. The molecule has 1 spiro atoms. The van der Waals surface area contributed by atoms with Gasteiger partial charge in [0.05, 0.1) is 12.4 Å². The third-order valence-electron chi connectivity index (χ3n) is 6.46. The fourth-order valence-corrected chi connectivity index (χ4v) is 5.30. The van der Waals surface area contributed by atoms with E-state index < -0.39 is 0 Å². The van der Waals surface area contributed by atoms with Gasteiger partial charge < -0.3 is 24.5 Å². The highest BCUT2D eigenvalue weighted by atomic mass is 16.5. The Kier molecular flexibility index (Phi) is 6.03. The Bertz CT molecular complexity index is 610. The van der Waals surface area contributed by atoms with Crippen LogP contribution < -0.4 is 10.6 Å². The number of ether oxygens (including phenoxy) is 2. The first kappa shape index (κ1) is 18.8. The molecule has 3 atom stereocenters. The first-order valence-corrected chi connectivity index (χ1v) is 10.6. The Hall–Kier alpha value is -1.53. The molecule has 2 heterocycles. The van der Waals surface area contributed by atoms with E-state index in [9.17, 15) is 0 Å². The second-order valence-corrected chi connectivity index (χ2v) is 8.05. The summed E-state index contributed by atoms with van der Waals surface area (Å²) in [5.74, 6) is 2.47. The molecular formula is C21H33N3O3. The van der Waals surface area contributed by atoms with Crippen LogP contribution in [-0.2, 0) is 16.1 Å². The predicted octanol–water partition coefficient (Wildman–Crippen LogP) is 3.09. The Labute approximate surface area is 162 Å². The van der Waals surface area contributed by atoms with Crippen LogP contribution in [0.2, 0.25) is 0 Å². The zero-order valence-corrected chi connectivity index (χ0v) is 16.4. The number of hydrogen-bond donors (Lipinski definition) is 2.